The van der Waals surface area contributed by atoms with E-state index in [1.807, 2.05) is 4.90 Å². The fraction of sp³-hybridized carbons (Fsp3) is 0.353. The maximum atomic E-state index is 12.3. The first-order chi connectivity index (χ1) is 12.2. The Kier molecular flexibility index (Phi) is 5.50. The number of carbonyl (C=O) groups is 2. The van der Waals surface area contributed by atoms with Crippen LogP contribution in [0.25, 0.3) is 0 Å². The lowest BCUT2D eigenvalue weighted by Gasteiger charge is -2.34. The number of hydrogen-bond donors (Lipinski definition) is 1. The number of carbonyl (C=O) groups excluding carboxylic acids is 2. The highest BCUT2D eigenvalue weighted by molar-refractivity contribution is 5.94. The summed E-state index contributed by atoms with van der Waals surface area (Å²) in [4.78, 5) is 40.4. The number of pyridine rings is 1. The summed E-state index contributed by atoms with van der Waals surface area (Å²) in [6, 6.07) is 5.17. The zero-order valence-electron chi connectivity index (χ0n) is 13.8. The highest BCUT2D eigenvalue weighted by Gasteiger charge is 2.22. The minimum absolute atomic E-state index is 0.0418. The van der Waals surface area contributed by atoms with Gasteiger partial charge < -0.3 is 15.1 Å². The van der Waals surface area contributed by atoms with Gasteiger partial charge in [-0.15, -0.1) is 0 Å². The summed E-state index contributed by atoms with van der Waals surface area (Å²) in [6.45, 7) is 2.99. The van der Waals surface area contributed by atoms with Crippen LogP contribution in [0.5, 0.6) is 0 Å². The molecule has 1 saturated heterocycles. The van der Waals surface area contributed by atoms with Crippen molar-refractivity contribution < 1.29 is 9.59 Å². The number of hydrogen-bond acceptors (Lipinski definition) is 6. The third kappa shape index (κ3) is 4.50. The first-order valence-electron chi connectivity index (χ1n) is 8.22. The van der Waals surface area contributed by atoms with Crippen molar-refractivity contribution in [3.05, 3.63) is 48.5 Å². The van der Waals surface area contributed by atoms with Crippen LogP contribution in [-0.2, 0) is 4.79 Å². The van der Waals surface area contributed by atoms with E-state index in [0.29, 0.717) is 44.2 Å². The third-order valence-electron chi connectivity index (χ3n) is 4.02. The Morgan fingerprint density at radius 3 is 2.48 bits per heavy atom. The van der Waals surface area contributed by atoms with E-state index in [0.717, 1.165) is 0 Å². The fourth-order valence-corrected chi connectivity index (χ4v) is 2.65. The van der Waals surface area contributed by atoms with Crippen molar-refractivity contribution >= 4 is 17.8 Å². The molecule has 1 aliphatic heterocycles. The minimum atomic E-state index is -0.216. The maximum Gasteiger partial charge on any atom is 0.252 e. The molecule has 1 aliphatic rings. The normalized spacial score (nSPS) is 14.2. The molecular formula is C17H20N6O2. The Hall–Kier alpha value is -3.03. The molecule has 3 rings (SSSR count). The number of amides is 2. The molecule has 0 unspecified atom stereocenters. The van der Waals surface area contributed by atoms with E-state index in [9.17, 15) is 9.59 Å². The lowest BCUT2D eigenvalue weighted by Crippen LogP contribution is -2.49. The minimum Gasteiger partial charge on any atom is -0.351 e. The standard InChI is InChI=1S/C17H20N6O2/c24-15(4-8-19-16(25)14-3-1-5-18-13-14)22-9-11-23(12-10-22)17-20-6-2-7-21-17/h1-3,5-7,13H,4,8-12H2,(H,19,25). The van der Waals surface area contributed by atoms with Gasteiger partial charge in [-0.05, 0) is 18.2 Å². The van der Waals surface area contributed by atoms with Gasteiger partial charge in [-0.1, -0.05) is 0 Å². The number of nitrogens with one attached hydrogen (secondary N) is 1. The number of piperazine rings is 1. The molecular weight excluding hydrogens is 320 g/mol. The molecule has 0 atom stereocenters. The maximum absolute atomic E-state index is 12.3. The molecule has 25 heavy (non-hydrogen) atoms. The lowest BCUT2D eigenvalue weighted by molar-refractivity contribution is -0.131. The number of anilines is 1. The van der Waals surface area contributed by atoms with Crippen molar-refractivity contribution in [2.45, 2.75) is 6.42 Å². The Morgan fingerprint density at radius 1 is 1.04 bits per heavy atom. The highest BCUT2D eigenvalue weighted by atomic mass is 16.2. The van der Waals surface area contributed by atoms with Crippen molar-refractivity contribution in [3.63, 3.8) is 0 Å². The van der Waals surface area contributed by atoms with E-state index in [1.54, 1.807) is 36.8 Å². The van der Waals surface area contributed by atoms with Crippen LogP contribution < -0.4 is 10.2 Å². The van der Waals surface area contributed by atoms with Gasteiger partial charge in [0.1, 0.15) is 0 Å². The van der Waals surface area contributed by atoms with E-state index >= 15 is 0 Å². The van der Waals surface area contributed by atoms with Gasteiger partial charge in [0.15, 0.2) is 0 Å². The molecule has 0 aliphatic carbocycles. The Bertz CT molecular complexity index is 702. The fourth-order valence-electron chi connectivity index (χ4n) is 2.65. The molecule has 2 amide bonds. The molecule has 8 heteroatoms. The summed E-state index contributed by atoms with van der Waals surface area (Å²) >= 11 is 0. The van der Waals surface area contributed by atoms with Gasteiger partial charge in [0.25, 0.3) is 5.91 Å². The predicted octanol–water partition coefficient (Wildman–Crippen LogP) is 0.340. The molecule has 1 fully saturated rings. The molecule has 2 aromatic rings. The molecule has 8 nitrogen and oxygen atoms in total. The van der Waals surface area contributed by atoms with Crippen molar-refractivity contribution in [2.75, 3.05) is 37.6 Å². The second kappa shape index (κ2) is 8.18. The summed E-state index contributed by atoms with van der Waals surface area (Å²) in [6.07, 6.45) is 6.83. The van der Waals surface area contributed by atoms with Gasteiger partial charge in [0, 0.05) is 63.9 Å². The molecule has 0 aromatic carbocycles. The van der Waals surface area contributed by atoms with Crippen LogP contribution >= 0.6 is 0 Å². The molecule has 0 radical (unpaired) electrons. The second-order valence-electron chi connectivity index (χ2n) is 5.66. The third-order valence-corrected chi connectivity index (χ3v) is 4.02. The van der Waals surface area contributed by atoms with Crippen LogP contribution in [0.1, 0.15) is 16.8 Å². The lowest BCUT2D eigenvalue weighted by atomic mass is 10.2. The van der Waals surface area contributed by atoms with E-state index in [4.69, 9.17) is 0 Å². The molecule has 1 N–H and O–H groups in total. The van der Waals surface area contributed by atoms with Crippen LogP contribution in [0.2, 0.25) is 0 Å². The average molecular weight is 340 g/mol. The highest BCUT2D eigenvalue weighted by Crippen LogP contribution is 2.10. The average Bonchev–Trinajstić information content (AvgIpc) is 2.69. The van der Waals surface area contributed by atoms with Crippen molar-refractivity contribution in [2.24, 2.45) is 0 Å². The Balaban J connectivity index is 1.40. The number of rotatable bonds is 5. The molecule has 2 aromatic heterocycles. The molecule has 3 heterocycles. The predicted molar refractivity (Wildman–Crippen MR) is 92.0 cm³/mol. The van der Waals surface area contributed by atoms with Crippen LogP contribution in [0.4, 0.5) is 5.95 Å². The van der Waals surface area contributed by atoms with E-state index in [2.05, 4.69) is 25.2 Å². The van der Waals surface area contributed by atoms with Crippen molar-refractivity contribution in [1.82, 2.24) is 25.2 Å². The molecule has 0 saturated carbocycles. The van der Waals surface area contributed by atoms with Gasteiger partial charge in [-0.3, -0.25) is 14.6 Å². The van der Waals surface area contributed by atoms with E-state index in [1.165, 1.54) is 6.20 Å². The van der Waals surface area contributed by atoms with Crippen molar-refractivity contribution in [1.29, 1.82) is 0 Å². The molecule has 0 spiro atoms. The molecule has 0 bridgehead atoms. The Morgan fingerprint density at radius 2 is 1.80 bits per heavy atom. The second-order valence-corrected chi connectivity index (χ2v) is 5.66. The van der Waals surface area contributed by atoms with Gasteiger partial charge in [0.05, 0.1) is 5.56 Å². The largest absolute Gasteiger partial charge is 0.351 e. The SMILES string of the molecule is O=C(NCCC(=O)N1CCN(c2ncccn2)CC1)c1cccnc1. The van der Waals surface area contributed by atoms with E-state index in [-0.39, 0.29) is 18.2 Å². The first-order valence-corrected chi connectivity index (χ1v) is 8.22. The quantitative estimate of drug-likeness (QED) is 0.844. The zero-order valence-corrected chi connectivity index (χ0v) is 13.8. The zero-order chi connectivity index (χ0) is 17.5. The summed E-state index contributed by atoms with van der Waals surface area (Å²) in [5, 5.41) is 2.75. The summed E-state index contributed by atoms with van der Waals surface area (Å²) in [5.41, 5.74) is 0.492. The van der Waals surface area contributed by atoms with Crippen LogP contribution in [0.15, 0.2) is 43.0 Å². The first kappa shape index (κ1) is 16.8. The van der Waals surface area contributed by atoms with Gasteiger partial charge >= 0.3 is 0 Å². The monoisotopic (exact) mass is 340 g/mol. The van der Waals surface area contributed by atoms with Crippen LogP contribution in [-0.4, -0.2) is 64.4 Å². The summed E-state index contributed by atoms with van der Waals surface area (Å²) in [7, 11) is 0. The molecule has 130 valence electrons. The van der Waals surface area contributed by atoms with Gasteiger partial charge in [-0.2, -0.15) is 0 Å². The summed E-state index contributed by atoms with van der Waals surface area (Å²) in [5.74, 6) is 0.519. The van der Waals surface area contributed by atoms with Crippen molar-refractivity contribution in [3.8, 4) is 0 Å². The number of nitrogens with zero attached hydrogens (tertiary/aromatic N) is 5. The Labute approximate surface area is 145 Å². The van der Waals surface area contributed by atoms with Gasteiger partial charge in [-0.25, -0.2) is 9.97 Å². The van der Waals surface area contributed by atoms with Crippen LogP contribution in [0.3, 0.4) is 0 Å². The van der Waals surface area contributed by atoms with Gasteiger partial charge in [0.2, 0.25) is 11.9 Å². The number of aromatic nitrogens is 3. The topological polar surface area (TPSA) is 91.3 Å². The summed E-state index contributed by atoms with van der Waals surface area (Å²) < 4.78 is 0. The smallest absolute Gasteiger partial charge is 0.252 e. The van der Waals surface area contributed by atoms with E-state index < -0.39 is 0 Å². The van der Waals surface area contributed by atoms with Crippen LogP contribution in [0, 0.1) is 0 Å².